The van der Waals surface area contributed by atoms with Crippen molar-refractivity contribution < 1.29 is 0 Å². The van der Waals surface area contributed by atoms with Gasteiger partial charge in [-0.15, -0.1) is 0 Å². The van der Waals surface area contributed by atoms with Gasteiger partial charge in [0, 0.05) is 23.9 Å². The first-order valence-electron chi connectivity index (χ1n) is 5.13. The zero-order chi connectivity index (χ0) is 10.6. The van der Waals surface area contributed by atoms with Gasteiger partial charge in [-0.3, -0.25) is 0 Å². The molecule has 1 aromatic heterocycles. The second-order valence-corrected chi connectivity index (χ2v) is 4.28. The van der Waals surface area contributed by atoms with E-state index in [1.165, 1.54) is 0 Å². The van der Waals surface area contributed by atoms with E-state index in [9.17, 15) is 0 Å². The monoisotopic (exact) mass is 193 g/mol. The molecule has 0 aliphatic rings. The van der Waals surface area contributed by atoms with Crippen LogP contribution in [0.5, 0.6) is 0 Å². The van der Waals surface area contributed by atoms with Gasteiger partial charge in [-0.2, -0.15) is 0 Å². The van der Waals surface area contributed by atoms with Crippen LogP contribution in [0.1, 0.15) is 32.2 Å². The van der Waals surface area contributed by atoms with Crippen LogP contribution < -0.4 is 5.73 Å². The third-order valence-corrected chi connectivity index (χ3v) is 1.93. The molecule has 0 aliphatic heterocycles. The van der Waals surface area contributed by atoms with E-state index in [4.69, 9.17) is 5.73 Å². The van der Waals surface area contributed by atoms with E-state index in [1.54, 1.807) is 6.33 Å². The molecule has 78 valence electrons. The molecule has 0 saturated carbocycles. The molecule has 3 heteroatoms. The average Bonchev–Trinajstić information content (AvgIpc) is 2.01. The van der Waals surface area contributed by atoms with Crippen molar-refractivity contribution in [1.29, 1.82) is 0 Å². The first-order chi connectivity index (χ1) is 6.58. The predicted molar refractivity (Wildman–Crippen MR) is 57.9 cm³/mol. The number of hydrogen-bond acceptors (Lipinski definition) is 3. The fourth-order valence-corrected chi connectivity index (χ4v) is 1.42. The van der Waals surface area contributed by atoms with Crippen molar-refractivity contribution in [2.45, 2.75) is 39.7 Å². The van der Waals surface area contributed by atoms with Crippen molar-refractivity contribution in [3.05, 3.63) is 23.8 Å². The summed E-state index contributed by atoms with van der Waals surface area (Å²) in [5.74, 6) is 0.632. The standard InChI is InChI=1S/C11H19N3/c1-8(2)4-10-6-11(5-9(3)12)14-7-13-10/h6-9H,4-5,12H2,1-3H3. The summed E-state index contributed by atoms with van der Waals surface area (Å²) in [6.45, 7) is 6.37. The van der Waals surface area contributed by atoms with E-state index >= 15 is 0 Å². The molecule has 3 nitrogen and oxygen atoms in total. The minimum Gasteiger partial charge on any atom is -0.328 e. The van der Waals surface area contributed by atoms with Gasteiger partial charge in [0.15, 0.2) is 0 Å². The van der Waals surface area contributed by atoms with E-state index in [2.05, 4.69) is 29.9 Å². The van der Waals surface area contributed by atoms with Crippen LogP contribution in [0.4, 0.5) is 0 Å². The second-order valence-electron chi connectivity index (χ2n) is 4.28. The third kappa shape index (κ3) is 3.83. The Hall–Kier alpha value is -0.960. The Morgan fingerprint density at radius 1 is 1.14 bits per heavy atom. The molecule has 2 N–H and O–H groups in total. The van der Waals surface area contributed by atoms with Gasteiger partial charge in [-0.05, 0) is 25.3 Å². The molecule has 0 amide bonds. The number of aromatic nitrogens is 2. The fourth-order valence-electron chi connectivity index (χ4n) is 1.42. The van der Waals surface area contributed by atoms with Crippen LogP contribution in [0.25, 0.3) is 0 Å². The lowest BCUT2D eigenvalue weighted by Gasteiger charge is -2.07. The van der Waals surface area contributed by atoms with Gasteiger partial charge in [-0.25, -0.2) is 9.97 Å². The van der Waals surface area contributed by atoms with Crippen molar-refractivity contribution in [1.82, 2.24) is 9.97 Å². The molecule has 1 aromatic rings. The van der Waals surface area contributed by atoms with E-state index in [-0.39, 0.29) is 6.04 Å². The molecule has 0 radical (unpaired) electrons. The number of hydrogen-bond donors (Lipinski definition) is 1. The Morgan fingerprint density at radius 2 is 1.71 bits per heavy atom. The second kappa shape index (κ2) is 5.05. The molecule has 0 saturated heterocycles. The molecule has 1 rings (SSSR count). The summed E-state index contributed by atoms with van der Waals surface area (Å²) in [5, 5.41) is 0. The van der Waals surface area contributed by atoms with Gasteiger partial charge in [0.05, 0.1) is 0 Å². The Kier molecular flexibility index (Phi) is 4.01. The highest BCUT2D eigenvalue weighted by Crippen LogP contribution is 2.06. The van der Waals surface area contributed by atoms with Crippen LogP contribution in [-0.2, 0) is 12.8 Å². The molecule has 1 unspecified atom stereocenters. The average molecular weight is 193 g/mol. The summed E-state index contributed by atoms with van der Waals surface area (Å²) in [4.78, 5) is 8.43. The summed E-state index contributed by atoms with van der Waals surface area (Å²) in [7, 11) is 0. The minimum atomic E-state index is 0.164. The van der Waals surface area contributed by atoms with Crippen molar-refractivity contribution in [3.8, 4) is 0 Å². The summed E-state index contributed by atoms with van der Waals surface area (Å²) in [6, 6.07) is 2.22. The maximum absolute atomic E-state index is 5.72. The largest absolute Gasteiger partial charge is 0.328 e. The molecule has 0 aliphatic carbocycles. The van der Waals surface area contributed by atoms with Crippen LogP contribution in [0.15, 0.2) is 12.4 Å². The van der Waals surface area contributed by atoms with Crippen LogP contribution in [0, 0.1) is 5.92 Å². The summed E-state index contributed by atoms with van der Waals surface area (Å²) >= 11 is 0. The van der Waals surface area contributed by atoms with Gasteiger partial charge in [0.25, 0.3) is 0 Å². The molecule has 1 atom stereocenters. The van der Waals surface area contributed by atoms with Gasteiger partial charge in [0.1, 0.15) is 6.33 Å². The lowest BCUT2D eigenvalue weighted by molar-refractivity contribution is 0.630. The Labute approximate surface area is 85.8 Å². The van der Waals surface area contributed by atoms with Crippen LogP contribution in [-0.4, -0.2) is 16.0 Å². The summed E-state index contributed by atoms with van der Waals surface area (Å²) < 4.78 is 0. The Bertz CT molecular complexity index is 256. The smallest absolute Gasteiger partial charge is 0.115 e. The quantitative estimate of drug-likeness (QED) is 0.789. The van der Waals surface area contributed by atoms with Crippen molar-refractivity contribution >= 4 is 0 Å². The Balaban J connectivity index is 2.68. The molecular formula is C11H19N3. The zero-order valence-electron chi connectivity index (χ0n) is 9.20. The van der Waals surface area contributed by atoms with Crippen LogP contribution in [0.3, 0.4) is 0 Å². The first kappa shape index (κ1) is 11.1. The predicted octanol–water partition coefficient (Wildman–Crippen LogP) is 1.56. The van der Waals surface area contributed by atoms with Gasteiger partial charge in [-0.1, -0.05) is 13.8 Å². The molecule has 1 heterocycles. The maximum atomic E-state index is 5.72. The molecule has 0 bridgehead atoms. The molecule has 14 heavy (non-hydrogen) atoms. The molecular weight excluding hydrogens is 174 g/mol. The lowest BCUT2D eigenvalue weighted by atomic mass is 10.1. The van der Waals surface area contributed by atoms with E-state index in [0.717, 1.165) is 24.2 Å². The maximum Gasteiger partial charge on any atom is 0.115 e. The molecule has 0 spiro atoms. The summed E-state index contributed by atoms with van der Waals surface area (Å²) in [6.07, 6.45) is 3.47. The lowest BCUT2D eigenvalue weighted by Crippen LogP contribution is -2.18. The first-order valence-corrected chi connectivity index (χ1v) is 5.13. The van der Waals surface area contributed by atoms with Crippen LogP contribution >= 0.6 is 0 Å². The van der Waals surface area contributed by atoms with Gasteiger partial charge < -0.3 is 5.73 Å². The number of nitrogens with zero attached hydrogens (tertiary/aromatic N) is 2. The summed E-state index contributed by atoms with van der Waals surface area (Å²) in [5.41, 5.74) is 7.88. The normalized spacial score (nSPS) is 13.2. The van der Waals surface area contributed by atoms with E-state index in [1.807, 2.05) is 6.92 Å². The molecule has 0 fully saturated rings. The highest BCUT2D eigenvalue weighted by molar-refractivity contribution is 5.09. The fraction of sp³-hybridized carbons (Fsp3) is 0.636. The van der Waals surface area contributed by atoms with E-state index < -0.39 is 0 Å². The van der Waals surface area contributed by atoms with Crippen molar-refractivity contribution in [2.24, 2.45) is 11.7 Å². The third-order valence-electron chi connectivity index (χ3n) is 1.93. The van der Waals surface area contributed by atoms with Gasteiger partial charge >= 0.3 is 0 Å². The minimum absolute atomic E-state index is 0.164. The van der Waals surface area contributed by atoms with Gasteiger partial charge in [0.2, 0.25) is 0 Å². The Morgan fingerprint density at radius 3 is 2.21 bits per heavy atom. The SMILES string of the molecule is CC(C)Cc1cc(CC(C)N)ncn1. The highest BCUT2D eigenvalue weighted by atomic mass is 14.8. The molecule has 0 aromatic carbocycles. The topological polar surface area (TPSA) is 51.8 Å². The number of rotatable bonds is 4. The number of nitrogens with two attached hydrogens (primary N) is 1. The van der Waals surface area contributed by atoms with E-state index in [0.29, 0.717) is 5.92 Å². The zero-order valence-corrected chi connectivity index (χ0v) is 9.20. The van der Waals surface area contributed by atoms with Crippen molar-refractivity contribution in [3.63, 3.8) is 0 Å². The van der Waals surface area contributed by atoms with Crippen LogP contribution in [0.2, 0.25) is 0 Å². The van der Waals surface area contributed by atoms with Crippen molar-refractivity contribution in [2.75, 3.05) is 0 Å². The highest BCUT2D eigenvalue weighted by Gasteiger charge is 2.03.